The second-order valence-electron chi connectivity index (χ2n) is 8.07. The number of hydrogen-bond donors (Lipinski definition) is 1. The topological polar surface area (TPSA) is 110 Å². The predicted octanol–water partition coefficient (Wildman–Crippen LogP) is 3.42. The third-order valence-electron chi connectivity index (χ3n) is 5.71. The Labute approximate surface area is 182 Å². The van der Waals surface area contributed by atoms with Gasteiger partial charge in [0.1, 0.15) is 6.04 Å². The molecule has 0 saturated carbocycles. The molecule has 0 saturated heterocycles. The number of benzene rings is 2. The van der Waals surface area contributed by atoms with Crippen molar-refractivity contribution in [3.63, 3.8) is 0 Å². The number of nitro benzene ring substituents is 1. The average molecular weight is 446 g/mol. The Hall–Kier alpha value is -2.94. The van der Waals surface area contributed by atoms with Crippen LogP contribution in [0.3, 0.4) is 0 Å². The molecular formula is C22H27N3O5S. The Morgan fingerprint density at radius 3 is 2.45 bits per heavy atom. The van der Waals surface area contributed by atoms with E-state index >= 15 is 0 Å². The van der Waals surface area contributed by atoms with Crippen molar-refractivity contribution in [2.45, 2.75) is 52.1 Å². The van der Waals surface area contributed by atoms with Crippen LogP contribution in [-0.4, -0.2) is 31.5 Å². The molecule has 2 atom stereocenters. The van der Waals surface area contributed by atoms with Gasteiger partial charge in [0.25, 0.3) is 5.69 Å². The minimum atomic E-state index is -3.89. The van der Waals surface area contributed by atoms with Gasteiger partial charge in [0.15, 0.2) is 0 Å². The number of sulfonamides is 1. The lowest BCUT2D eigenvalue weighted by Crippen LogP contribution is -2.48. The highest BCUT2D eigenvalue weighted by atomic mass is 32.2. The molecular weight excluding hydrogens is 418 g/mol. The minimum absolute atomic E-state index is 0.115. The molecule has 9 heteroatoms. The molecule has 0 radical (unpaired) electrons. The van der Waals surface area contributed by atoms with Gasteiger partial charge in [-0.3, -0.25) is 19.2 Å². The van der Waals surface area contributed by atoms with Crippen LogP contribution in [0, 0.1) is 17.0 Å². The lowest BCUT2D eigenvalue weighted by molar-refractivity contribution is -0.384. The smallest absolute Gasteiger partial charge is 0.271 e. The highest BCUT2D eigenvalue weighted by Gasteiger charge is 2.32. The Kier molecular flexibility index (Phi) is 6.35. The molecule has 0 spiro atoms. The molecule has 2 unspecified atom stereocenters. The second kappa shape index (κ2) is 8.66. The molecule has 0 heterocycles. The molecule has 166 valence electrons. The van der Waals surface area contributed by atoms with Gasteiger partial charge in [-0.25, -0.2) is 8.42 Å². The summed E-state index contributed by atoms with van der Waals surface area (Å²) >= 11 is 0. The lowest BCUT2D eigenvalue weighted by atomic mass is 10.0. The van der Waals surface area contributed by atoms with Crippen molar-refractivity contribution in [2.75, 3.05) is 10.6 Å². The molecule has 0 aromatic heterocycles. The summed E-state index contributed by atoms with van der Waals surface area (Å²) in [5.41, 5.74) is 3.97. The average Bonchev–Trinajstić information content (AvgIpc) is 3.16. The first-order valence-corrected chi connectivity index (χ1v) is 12.0. The quantitative estimate of drug-likeness (QED) is 0.519. The van der Waals surface area contributed by atoms with Crippen LogP contribution in [0.25, 0.3) is 0 Å². The first-order valence-electron chi connectivity index (χ1n) is 10.2. The molecule has 8 nitrogen and oxygen atoms in total. The number of non-ortho nitro benzene ring substituents is 1. The molecule has 0 fully saturated rings. The molecule has 1 amide bonds. The number of hydrogen-bond acceptors (Lipinski definition) is 5. The highest BCUT2D eigenvalue weighted by Crippen LogP contribution is 2.30. The predicted molar refractivity (Wildman–Crippen MR) is 120 cm³/mol. The van der Waals surface area contributed by atoms with E-state index in [1.165, 1.54) is 36.2 Å². The van der Waals surface area contributed by atoms with Gasteiger partial charge in [-0.2, -0.15) is 0 Å². The van der Waals surface area contributed by atoms with Crippen molar-refractivity contribution in [2.24, 2.45) is 0 Å². The summed E-state index contributed by atoms with van der Waals surface area (Å²) in [5, 5.41) is 14.1. The van der Waals surface area contributed by atoms with E-state index in [4.69, 9.17) is 0 Å². The number of rotatable bonds is 7. The Morgan fingerprint density at radius 2 is 1.81 bits per heavy atom. The summed E-state index contributed by atoms with van der Waals surface area (Å²) in [6.07, 6.45) is 4.20. The maximum atomic E-state index is 13.0. The summed E-state index contributed by atoms with van der Waals surface area (Å²) < 4.78 is 26.1. The number of fused-ring (bicyclic) bond motifs is 1. The molecule has 31 heavy (non-hydrogen) atoms. The van der Waals surface area contributed by atoms with Crippen LogP contribution in [0.2, 0.25) is 0 Å². The first-order chi connectivity index (χ1) is 14.5. The zero-order chi connectivity index (χ0) is 22.9. The molecule has 3 rings (SSSR count). The molecule has 2 aromatic rings. The van der Waals surface area contributed by atoms with Crippen molar-refractivity contribution < 1.29 is 18.1 Å². The number of amides is 1. The third kappa shape index (κ3) is 4.87. The maximum Gasteiger partial charge on any atom is 0.271 e. The van der Waals surface area contributed by atoms with Crippen LogP contribution in [0.1, 0.15) is 48.6 Å². The van der Waals surface area contributed by atoms with Crippen LogP contribution in [0.15, 0.2) is 36.4 Å². The zero-order valence-electron chi connectivity index (χ0n) is 18.1. The van der Waals surface area contributed by atoms with Crippen LogP contribution < -0.4 is 9.62 Å². The number of carbonyl (C=O) groups excluding carboxylic acids is 1. The van der Waals surface area contributed by atoms with Crippen molar-refractivity contribution in [3.05, 3.63) is 68.8 Å². The monoisotopic (exact) mass is 445 g/mol. The Bertz CT molecular complexity index is 1130. The van der Waals surface area contributed by atoms with Gasteiger partial charge in [-0.05, 0) is 62.3 Å². The SMILES string of the molecule is Cc1ccc([N+](=O)[O-])cc1N(C(C)C(=O)NC(C)c1ccc2c(c1)CCC2)S(C)(=O)=O. The van der Waals surface area contributed by atoms with E-state index in [-0.39, 0.29) is 17.4 Å². The zero-order valence-corrected chi connectivity index (χ0v) is 18.9. The van der Waals surface area contributed by atoms with Crippen molar-refractivity contribution in [1.29, 1.82) is 0 Å². The van der Waals surface area contributed by atoms with Gasteiger partial charge in [0.05, 0.1) is 22.9 Å². The number of nitrogens with one attached hydrogen (secondary N) is 1. The van der Waals surface area contributed by atoms with Gasteiger partial charge < -0.3 is 5.32 Å². The summed E-state index contributed by atoms with van der Waals surface area (Å²) in [5.74, 6) is -0.482. The molecule has 0 bridgehead atoms. The number of carbonyl (C=O) groups is 1. The van der Waals surface area contributed by atoms with E-state index in [2.05, 4.69) is 17.4 Å². The molecule has 0 aliphatic heterocycles. The number of nitrogens with zero attached hydrogens (tertiary/aromatic N) is 2. The van der Waals surface area contributed by atoms with Crippen LogP contribution in [0.4, 0.5) is 11.4 Å². The van der Waals surface area contributed by atoms with E-state index in [0.29, 0.717) is 5.56 Å². The van der Waals surface area contributed by atoms with Gasteiger partial charge in [-0.1, -0.05) is 24.3 Å². The molecule has 1 N–H and O–H groups in total. The standard InChI is InChI=1S/C22H27N3O5S/c1-14-8-11-20(25(27)28)13-21(14)24(31(4,29)30)16(3)22(26)23-15(2)18-10-9-17-6-5-7-19(17)12-18/h8-13,15-16H,5-7H2,1-4H3,(H,23,26). The normalized spacial score (nSPS) is 15.1. The van der Waals surface area contributed by atoms with Crippen molar-refractivity contribution in [1.82, 2.24) is 5.32 Å². The summed E-state index contributed by atoms with van der Waals surface area (Å²) in [6.45, 7) is 4.98. The Morgan fingerprint density at radius 1 is 1.13 bits per heavy atom. The van der Waals surface area contributed by atoms with E-state index in [0.717, 1.165) is 35.4 Å². The fourth-order valence-electron chi connectivity index (χ4n) is 4.01. The van der Waals surface area contributed by atoms with Crippen molar-refractivity contribution in [3.8, 4) is 0 Å². The fourth-order valence-corrected chi connectivity index (χ4v) is 5.23. The summed E-state index contributed by atoms with van der Waals surface area (Å²) in [7, 11) is -3.89. The van der Waals surface area contributed by atoms with Gasteiger partial charge >= 0.3 is 0 Å². The lowest BCUT2D eigenvalue weighted by Gasteiger charge is -2.30. The molecule has 1 aliphatic rings. The second-order valence-corrected chi connectivity index (χ2v) is 9.93. The summed E-state index contributed by atoms with van der Waals surface area (Å²) in [4.78, 5) is 23.6. The summed E-state index contributed by atoms with van der Waals surface area (Å²) in [6, 6.07) is 8.73. The largest absolute Gasteiger partial charge is 0.348 e. The number of aryl methyl sites for hydroxylation is 3. The van der Waals surface area contributed by atoms with E-state index in [1.807, 2.05) is 13.0 Å². The van der Waals surface area contributed by atoms with Crippen LogP contribution >= 0.6 is 0 Å². The molecule has 1 aliphatic carbocycles. The van der Waals surface area contributed by atoms with Gasteiger partial charge in [-0.15, -0.1) is 0 Å². The maximum absolute atomic E-state index is 13.0. The first kappa shape index (κ1) is 22.7. The number of nitro groups is 1. The van der Waals surface area contributed by atoms with E-state index in [1.54, 1.807) is 6.92 Å². The molecule has 2 aromatic carbocycles. The van der Waals surface area contributed by atoms with Crippen LogP contribution in [0.5, 0.6) is 0 Å². The van der Waals surface area contributed by atoms with Gasteiger partial charge in [0, 0.05) is 12.1 Å². The van der Waals surface area contributed by atoms with E-state index < -0.39 is 26.9 Å². The van der Waals surface area contributed by atoms with Crippen LogP contribution in [-0.2, 0) is 27.7 Å². The minimum Gasteiger partial charge on any atom is -0.348 e. The number of anilines is 1. The Balaban J connectivity index is 1.87. The fraction of sp³-hybridized carbons (Fsp3) is 0.409. The van der Waals surface area contributed by atoms with Crippen molar-refractivity contribution >= 4 is 27.3 Å². The third-order valence-corrected chi connectivity index (χ3v) is 6.94. The van der Waals surface area contributed by atoms with E-state index in [9.17, 15) is 23.3 Å². The highest BCUT2D eigenvalue weighted by molar-refractivity contribution is 7.92. The van der Waals surface area contributed by atoms with Gasteiger partial charge in [0.2, 0.25) is 15.9 Å².